The van der Waals surface area contributed by atoms with Gasteiger partial charge in [0.2, 0.25) is 5.91 Å². The summed E-state index contributed by atoms with van der Waals surface area (Å²) in [5, 5.41) is 4.21. The molecule has 0 atom stereocenters. The van der Waals surface area contributed by atoms with Crippen LogP contribution in [0.25, 0.3) is 11.0 Å². The van der Waals surface area contributed by atoms with Crippen LogP contribution in [-0.4, -0.2) is 22.0 Å². The van der Waals surface area contributed by atoms with E-state index in [9.17, 15) is 4.79 Å². The van der Waals surface area contributed by atoms with Gasteiger partial charge in [-0.25, -0.2) is 4.98 Å². The average Bonchev–Trinajstić information content (AvgIpc) is 2.76. The molecule has 0 spiro atoms. The molecule has 1 amide bonds. The summed E-state index contributed by atoms with van der Waals surface area (Å²) in [6.07, 6.45) is 4.85. The van der Waals surface area contributed by atoms with Crippen LogP contribution in [0.3, 0.4) is 0 Å². The van der Waals surface area contributed by atoms with E-state index in [0.29, 0.717) is 12.5 Å². The first-order valence-electron chi connectivity index (χ1n) is 8.00. The second-order valence-electron chi connectivity index (χ2n) is 7.33. The number of pyridine rings is 1. The van der Waals surface area contributed by atoms with E-state index >= 15 is 0 Å². The molecule has 0 saturated carbocycles. The number of hydrogen-bond donors (Lipinski definition) is 1. The molecule has 1 N–H and O–H groups in total. The van der Waals surface area contributed by atoms with Crippen molar-refractivity contribution < 1.29 is 4.79 Å². The Morgan fingerprint density at radius 1 is 1.36 bits per heavy atom. The van der Waals surface area contributed by atoms with E-state index in [1.54, 1.807) is 0 Å². The molecule has 120 valence electrons. The highest BCUT2D eigenvalue weighted by Crippen LogP contribution is 2.21. The summed E-state index contributed by atoms with van der Waals surface area (Å²) < 4.78 is 2.22. The molecule has 0 aliphatic heterocycles. The number of hydrogen-bond acceptors (Lipinski definition) is 2. The summed E-state index contributed by atoms with van der Waals surface area (Å²) >= 11 is 0. The fraction of sp³-hybridized carbons (Fsp3) is 0.556. The Hall–Kier alpha value is -1.84. The summed E-state index contributed by atoms with van der Waals surface area (Å²) in [5.41, 5.74) is 1.94. The second-order valence-corrected chi connectivity index (χ2v) is 7.33. The number of nitrogens with zero attached hydrogens (tertiary/aromatic N) is 2. The number of carbonyl (C=O) groups excluding carboxylic acids is 1. The van der Waals surface area contributed by atoms with Gasteiger partial charge in [0, 0.05) is 36.3 Å². The standard InChI is InChI=1S/C18H27N3O/c1-13(2)11-21-12-14(15-7-6-9-19-16(15)21)8-10-20-17(22)18(3,4)5/h6-7,9,12-13H,8,10-11H2,1-5H3,(H,20,22). The maximum absolute atomic E-state index is 11.9. The highest BCUT2D eigenvalue weighted by atomic mass is 16.2. The fourth-order valence-electron chi connectivity index (χ4n) is 2.50. The maximum atomic E-state index is 11.9. The van der Waals surface area contributed by atoms with Crippen molar-refractivity contribution in [1.82, 2.24) is 14.9 Å². The first-order chi connectivity index (χ1) is 10.3. The lowest BCUT2D eigenvalue weighted by Crippen LogP contribution is -2.35. The summed E-state index contributed by atoms with van der Waals surface area (Å²) in [5.74, 6) is 0.669. The zero-order valence-corrected chi connectivity index (χ0v) is 14.3. The topological polar surface area (TPSA) is 46.9 Å². The third-order valence-corrected chi connectivity index (χ3v) is 3.64. The SMILES string of the molecule is CC(C)Cn1cc(CCNC(=O)C(C)(C)C)c2cccnc21. The summed E-state index contributed by atoms with van der Waals surface area (Å²) in [6.45, 7) is 11.8. The molecule has 2 aromatic heterocycles. The van der Waals surface area contributed by atoms with Crippen LogP contribution in [0.2, 0.25) is 0 Å². The van der Waals surface area contributed by atoms with E-state index in [-0.39, 0.29) is 11.3 Å². The summed E-state index contributed by atoms with van der Waals surface area (Å²) in [7, 11) is 0. The molecule has 0 saturated heterocycles. The molecule has 0 aliphatic carbocycles. The van der Waals surface area contributed by atoms with Gasteiger partial charge in [-0.1, -0.05) is 34.6 Å². The Bertz CT molecular complexity index is 650. The van der Waals surface area contributed by atoms with Crippen LogP contribution in [0.15, 0.2) is 24.5 Å². The van der Waals surface area contributed by atoms with E-state index in [2.05, 4.69) is 41.0 Å². The smallest absolute Gasteiger partial charge is 0.225 e. The zero-order chi connectivity index (χ0) is 16.3. The van der Waals surface area contributed by atoms with Gasteiger partial charge in [0.15, 0.2) is 0 Å². The largest absolute Gasteiger partial charge is 0.355 e. The Labute approximate surface area is 132 Å². The number of aromatic nitrogens is 2. The molecule has 2 aromatic rings. The lowest BCUT2D eigenvalue weighted by Gasteiger charge is -2.17. The predicted octanol–water partition coefficient (Wildman–Crippen LogP) is 3.40. The molecule has 2 rings (SSSR count). The van der Waals surface area contributed by atoms with Gasteiger partial charge in [-0.2, -0.15) is 0 Å². The van der Waals surface area contributed by atoms with Crippen molar-refractivity contribution in [2.45, 2.75) is 47.6 Å². The van der Waals surface area contributed by atoms with E-state index < -0.39 is 0 Å². The third-order valence-electron chi connectivity index (χ3n) is 3.64. The van der Waals surface area contributed by atoms with Crippen molar-refractivity contribution in [2.75, 3.05) is 6.54 Å². The lowest BCUT2D eigenvalue weighted by molar-refractivity contribution is -0.128. The molecular formula is C18H27N3O. The summed E-state index contributed by atoms with van der Waals surface area (Å²) in [4.78, 5) is 16.5. The van der Waals surface area contributed by atoms with Gasteiger partial charge in [-0.3, -0.25) is 4.79 Å². The second kappa shape index (κ2) is 6.51. The van der Waals surface area contributed by atoms with Crippen LogP contribution in [0.4, 0.5) is 0 Å². The van der Waals surface area contributed by atoms with Crippen LogP contribution in [0.1, 0.15) is 40.2 Å². The quantitative estimate of drug-likeness (QED) is 0.920. The van der Waals surface area contributed by atoms with Crippen LogP contribution in [0, 0.1) is 11.3 Å². The van der Waals surface area contributed by atoms with Crippen molar-refractivity contribution in [3.8, 4) is 0 Å². The van der Waals surface area contributed by atoms with Crippen molar-refractivity contribution in [1.29, 1.82) is 0 Å². The van der Waals surface area contributed by atoms with Gasteiger partial charge >= 0.3 is 0 Å². The average molecular weight is 301 g/mol. The molecule has 0 bridgehead atoms. The van der Waals surface area contributed by atoms with Crippen LogP contribution in [-0.2, 0) is 17.8 Å². The Balaban J connectivity index is 2.13. The van der Waals surface area contributed by atoms with E-state index in [0.717, 1.165) is 18.6 Å². The Kier molecular flexibility index (Phi) is 4.89. The first-order valence-corrected chi connectivity index (χ1v) is 8.00. The van der Waals surface area contributed by atoms with Crippen molar-refractivity contribution >= 4 is 16.9 Å². The zero-order valence-electron chi connectivity index (χ0n) is 14.3. The minimum absolute atomic E-state index is 0.0940. The number of rotatable bonds is 5. The minimum Gasteiger partial charge on any atom is -0.355 e. The van der Waals surface area contributed by atoms with Gasteiger partial charge in [-0.15, -0.1) is 0 Å². The van der Waals surface area contributed by atoms with E-state index in [4.69, 9.17) is 0 Å². The highest BCUT2D eigenvalue weighted by molar-refractivity contribution is 5.82. The van der Waals surface area contributed by atoms with Gasteiger partial charge in [-0.05, 0) is 30.0 Å². The van der Waals surface area contributed by atoms with Crippen molar-refractivity contribution in [3.63, 3.8) is 0 Å². The number of fused-ring (bicyclic) bond motifs is 1. The van der Waals surface area contributed by atoms with Gasteiger partial charge in [0.25, 0.3) is 0 Å². The maximum Gasteiger partial charge on any atom is 0.225 e. The van der Waals surface area contributed by atoms with E-state index in [1.165, 1.54) is 10.9 Å². The number of carbonyl (C=O) groups is 1. The fourth-order valence-corrected chi connectivity index (χ4v) is 2.50. The predicted molar refractivity (Wildman–Crippen MR) is 90.7 cm³/mol. The third kappa shape index (κ3) is 3.87. The Morgan fingerprint density at radius 2 is 2.09 bits per heavy atom. The van der Waals surface area contributed by atoms with Crippen LogP contribution >= 0.6 is 0 Å². The van der Waals surface area contributed by atoms with Gasteiger partial charge in [0.05, 0.1) is 0 Å². The van der Waals surface area contributed by atoms with E-state index in [1.807, 2.05) is 33.0 Å². The van der Waals surface area contributed by atoms with Crippen LogP contribution < -0.4 is 5.32 Å². The number of amides is 1. The molecule has 0 radical (unpaired) electrons. The monoisotopic (exact) mass is 301 g/mol. The molecule has 2 heterocycles. The van der Waals surface area contributed by atoms with Crippen LogP contribution in [0.5, 0.6) is 0 Å². The molecule has 4 heteroatoms. The molecule has 0 fully saturated rings. The highest BCUT2D eigenvalue weighted by Gasteiger charge is 2.20. The first kappa shape index (κ1) is 16.5. The molecule has 0 aromatic carbocycles. The Morgan fingerprint density at radius 3 is 2.73 bits per heavy atom. The molecule has 4 nitrogen and oxygen atoms in total. The minimum atomic E-state index is -0.340. The van der Waals surface area contributed by atoms with Crippen molar-refractivity contribution in [2.24, 2.45) is 11.3 Å². The van der Waals surface area contributed by atoms with Crippen molar-refractivity contribution in [3.05, 3.63) is 30.1 Å². The number of nitrogens with one attached hydrogen (secondary N) is 1. The summed E-state index contributed by atoms with van der Waals surface area (Å²) in [6, 6.07) is 4.08. The van der Waals surface area contributed by atoms with Gasteiger partial charge in [0.1, 0.15) is 5.65 Å². The van der Waals surface area contributed by atoms with Gasteiger partial charge < -0.3 is 9.88 Å². The lowest BCUT2D eigenvalue weighted by atomic mass is 9.95. The molecule has 22 heavy (non-hydrogen) atoms. The molecular weight excluding hydrogens is 274 g/mol. The molecule has 0 aliphatic rings. The molecule has 0 unspecified atom stereocenters. The normalized spacial score (nSPS) is 12.1.